The minimum absolute atomic E-state index is 0.160. The number of hydrogen-bond acceptors (Lipinski definition) is 7. The van der Waals surface area contributed by atoms with Gasteiger partial charge in [-0.1, -0.05) is 11.8 Å². The molecule has 1 N–H and O–H groups in total. The summed E-state index contributed by atoms with van der Waals surface area (Å²) in [5.41, 5.74) is 0.787. The van der Waals surface area contributed by atoms with E-state index in [4.69, 9.17) is 9.15 Å². The number of benzene rings is 1. The Morgan fingerprint density at radius 3 is 2.73 bits per heavy atom. The van der Waals surface area contributed by atoms with E-state index in [1.807, 2.05) is 38.1 Å². The van der Waals surface area contributed by atoms with Gasteiger partial charge in [0.1, 0.15) is 11.6 Å². The number of thioether (sulfide) groups is 1. The Balaban J connectivity index is 1.57. The molecule has 0 saturated carbocycles. The largest absolute Gasteiger partial charge is 0.497 e. The van der Waals surface area contributed by atoms with Crippen LogP contribution < -0.4 is 10.1 Å². The zero-order valence-electron chi connectivity index (χ0n) is 14.7. The lowest BCUT2D eigenvalue weighted by atomic mass is 10.2. The van der Waals surface area contributed by atoms with Crippen LogP contribution in [0.1, 0.15) is 19.9 Å². The predicted octanol–water partition coefficient (Wildman–Crippen LogP) is 3.25. The molecule has 1 amide bonds. The van der Waals surface area contributed by atoms with E-state index in [0.717, 1.165) is 11.3 Å². The number of nitrogens with one attached hydrogen (secondary N) is 1. The first-order valence-electron chi connectivity index (χ1n) is 8.01. The van der Waals surface area contributed by atoms with Crippen molar-refractivity contribution >= 4 is 23.5 Å². The summed E-state index contributed by atoms with van der Waals surface area (Å²) in [6.07, 6.45) is 1.65. The topological polar surface area (TPSA) is 95.1 Å². The molecule has 1 aromatic carbocycles. The van der Waals surface area contributed by atoms with Gasteiger partial charge in [0.15, 0.2) is 0 Å². The molecule has 2 aromatic heterocycles. The van der Waals surface area contributed by atoms with Gasteiger partial charge in [-0.3, -0.25) is 4.79 Å². The summed E-state index contributed by atoms with van der Waals surface area (Å²) in [5.74, 6) is 1.80. The Labute approximate surface area is 154 Å². The summed E-state index contributed by atoms with van der Waals surface area (Å²) in [6.45, 7) is 3.99. The van der Waals surface area contributed by atoms with Crippen LogP contribution in [0.15, 0.2) is 46.2 Å². The van der Waals surface area contributed by atoms with Gasteiger partial charge < -0.3 is 14.5 Å². The lowest BCUT2D eigenvalue weighted by molar-refractivity contribution is -0.113. The first-order chi connectivity index (χ1) is 12.6. The van der Waals surface area contributed by atoms with Gasteiger partial charge in [-0.2, -0.15) is 5.10 Å². The van der Waals surface area contributed by atoms with Crippen LogP contribution in [0.25, 0.3) is 11.5 Å². The highest BCUT2D eigenvalue weighted by atomic mass is 32.2. The maximum atomic E-state index is 12.1. The molecule has 3 aromatic rings. The van der Waals surface area contributed by atoms with Gasteiger partial charge in [-0.15, -0.1) is 10.2 Å². The molecule has 0 bridgehead atoms. The van der Waals surface area contributed by atoms with Crippen LogP contribution in [0.3, 0.4) is 0 Å². The third-order valence-corrected chi connectivity index (χ3v) is 4.32. The van der Waals surface area contributed by atoms with Crippen molar-refractivity contribution in [2.24, 2.45) is 0 Å². The lowest BCUT2D eigenvalue weighted by Gasteiger charge is -2.11. The van der Waals surface area contributed by atoms with E-state index < -0.39 is 0 Å². The molecule has 0 saturated heterocycles. The van der Waals surface area contributed by atoms with Crippen LogP contribution >= 0.6 is 11.8 Å². The average Bonchev–Trinajstić information content (AvgIpc) is 3.29. The van der Waals surface area contributed by atoms with Crippen molar-refractivity contribution in [3.8, 4) is 17.2 Å². The number of carbonyl (C=O) groups is 1. The number of rotatable bonds is 7. The maximum absolute atomic E-state index is 12.1. The molecular weight excluding hydrogens is 354 g/mol. The van der Waals surface area contributed by atoms with Crippen molar-refractivity contribution in [1.82, 2.24) is 20.0 Å². The summed E-state index contributed by atoms with van der Waals surface area (Å²) >= 11 is 1.18. The standard InChI is InChI=1S/C17H19N5O3S/c1-11(2)22-14(8-9-18-22)19-15(23)10-26-17-21-20-16(25-17)12-4-6-13(24-3)7-5-12/h4-9,11H,10H2,1-3H3,(H,19,23). The molecule has 0 spiro atoms. The minimum Gasteiger partial charge on any atom is -0.497 e. The smallest absolute Gasteiger partial charge is 0.277 e. The Kier molecular flexibility index (Phi) is 5.57. The van der Waals surface area contributed by atoms with E-state index in [0.29, 0.717) is 16.9 Å². The Bertz CT molecular complexity index is 873. The summed E-state index contributed by atoms with van der Waals surface area (Å²) in [4.78, 5) is 12.1. The molecule has 2 heterocycles. The van der Waals surface area contributed by atoms with Crippen LogP contribution in [-0.4, -0.2) is 38.7 Å². The van der Waals surface area contributed by atoms with Crippen molar-refractivity contribution < 1.29 is 13.9 Å². The minimum atomic E-state index is -0.165. The van der Waals surface area contributed by atoms with Crippen LogP contribution in [0.2, 0.25) is 0 Å². The SMILES string of the molecule is COc1ccc(-c2nnc(SCC(=O)Nc3ccnn3C(C)C)o2)cc1. The fourth-order valence-corrected chi connectivity index (χ4v) is 2.81. The monoisotopic (exact) mass is 373 g/mol. The molecule has 8 nitrogen and oxygen atoms in total. The summed E-state index contributed by atoms with van der Waals surface area (Å²) < 4.78 is 12.5. The van der Waals surface area contributed by atoms with E-state index in [1.54, 1.807) is 24.1 Å². The Hall–Kier alpha value is -2.81. The van der Waals surface area contributed by atoms with Crippen molar-refractivity contribution in [2.75, 3.05) is 18.2 Å². The highest BCUT2D eigenvalue weighted by Gasteiger charge is 2.13. The van der Waals surface area contributed by atoms with Crippen molar-refractivity contribution in [2.45, 2.75) is 25.1 Å². The van der Waals surface area contributed by atoms with Crippen LogP contribution in [0.5, 0.6) is 5.75 Å². The molecule has 0 aliphatic rings. The predicted molar refractivity (Wildman–Crippen MR) is 98.3 cm³/mol. The maximum Gasteiger partial charge on any atom is 0.277 e. The first-order valence-corrected chi connectivity index (χ1v) is 8.99. The van der Waals surface area contributed by atoms with Crippen LogP contribution in [0, 0.1) is 0 Å². The molecular formula is C17H19N5O3S. The van der Waals surface area contributed by atoms with Gasteiger partial charge in [0.25, 0.3) is 5.22 Å². The van der Waals surface area contributed by atoms with Gasteiger partial charge in [0.2, 0.25) is 11.8 Å². The molecule has 0 radical (unpaired) electrons. The molecule has 0 aliphatic heterocycles. The number of methoxy groups -OCH3 is 1. The number of amides is 1. The third kappa shape index (κ3) is 4.23. The second-order valence-corrected chi connectivity index (χ2v) is 6.62. The fraction of sp³-hybridized carbons (Fsp3) is 0.294. The Morgan fingerprint density at radius 1 is 1.27 bits per heavy atom. The fourth-order valence-electron chi connectivity index (χ4n) is 2.25. The quantitative estimate of drug-likeness (QED) is 0.635. The number of ether oxygens (including phenoxy) is 1. The third-order valence-electron chi connectivity index (χ3n) is 3.50. The zero-order valence-corrected chi connectivity index (χ0v) is 15.5. The van der Waals surface area contributed by atoms with E-state index in [-0.39, 0.29) is 17.7 Å². The second kappa shape index (κ2) is 8.05. The molecule has 9 heteroatoms. The molecule has 0 unspecified atom stereocenters. The first kappa shape index (κ1) is 18.0. The van der Waals surface area contributed by atoms with Gasteiger partial charge in [0.05, 0.1) is 19.1 Å². The summed E-state index contributed by atoms with van der Waals surface area (Å²) in [6, 6.07) is 9.23. The van der Waals surface area contributed by atoms with Gasteiger partial charge in [0, 0.05) is 17.7 Å². The molecule has 3 rings (SSSR count). The van der Waals surface area contributed by atoms with Crippen LogP contribution in [0.4, 0.5) is 5.82 Å². The van der Waals surface area contributed by atoms with E-state index in [2.05, 4.69) is 20.6 Å². The van der Waals surface area contributed by atoms with E-state index in [9.17, 15) is 4.79 Å². The second-order valence-electron chi connectivity index (χ2n) is 5.69. The van der Waals surface area contributed by atoms with E-state index >= 15 is 0 Å². The highest BCUT2D eigenvalue weighted by Crippen LogP contribution is 2.25. The van der Waals surface area contributed by atoms with E-state index in [1.165, 1.54) is 11.8 Å². The van der Waals surface area contributed by atoms with Crippen LogP contribution in [-0.2, 0) is 4.79 Å². The molecule has 26 heavy (non-hydrogen) atoms. The number of anilines is 1. The summed E-state index contributed by atoms with van der Waals surface area (Å²) in [5, 5.41) is 15.3. The molecule has 0 fully saturated rings. The highest BCUT2D eigenvalue weighted by molar-refractivity contribution is 7.99. The number of carbonyl (C=O) groups excluding carboxylic acids is 1. The lowest BCUT2D eigenvalue weighted by Crippen LogP contribution is -2.18. The molecule has 136 valence electrons. The number of nitrogens with zero attached hydrogens (tertiary/aromatic N) is 4. The number of aromatic nitrogens is 4. The normalized spacial score (nSPS) is 10.9. The Morgan fingerprint density at radius 2 is 2.04 bits per heavy atom. The van der Waals surface area contributed by atoms with Gasteiger partial charge >= 0.3 is 0 Å². The van der Waals surface area contributed by atoms with Gasteiger partial charge in [-0.25, -0.2) is 4.68 Å². The average molecular weight is 373 g/mol. The number of hydrogen-bond donors (Lipinski definition) is 1. The van der Waals surface area contributed by atoms with Crippen molar-refractivity contribution in [3.63, 3.8) is 0 Å². The molecule has 0 aliphatic carbocycles. The van der Waals surface area contributed by atoms with Crippen molar-refractivity contribution in [1.29, 1.82) is 0 Å². The zero-order chi connectivity index (χ0) is 18.5. The van der Waals surface area contributed by atoms with Gasteiger partial charge in [-0.05, 0) is 38.1 Å². The summed E-state index contributed by atoms with van der Waals surface area (Å²) in [7, 11) is 1.61. The van der Waals surface area contributed by atoms with Crippen molar-refractivity contribution in [3.05, 3.63) is 36.5 Å². The molecule has 0 atom stereocenters.